The van der Waals surface area contributed by atoms with Crippen molar-refractivity contribution < 1.29 is 63.6 Å². The first-order valence-electron chi connectivity index (χ1n) is 25.6. The van der Waals surface area contributed by atoms with Crippen LogP contribution in [0, 0.1) is 19.3 Å². The first kappa shape index (κ1) is 81.1. The molecule has 0 fully saturated rings. The van der Waals surface area contributed by atoms with Gasteiger partial charge in [-0.1, -0.05) is 127 Å². The second-order valence-corrected chi connectivity index (χ2v) is 25.2. The maximum Gasteiger partial charge on any atom is 1.00 e. The van der Waals surface area contributed by atoms with E-state index in [2.05, 4.69) is 83.5 Å². The van der Waals surface area contributed by atoms with E-state index >= 15 is 0 Å². The monoisotopic (exact) mass is 1370 g/mol. The molecule has 1 atom stereocenters. The molecular formula is C56H76BrCl6LiN6O9S3. The number of hydrogen-bond donors (Lipinski definition) is 5. The SMILES string of the molecule is CCC(CC)(CCC(=O)O)c1nc(Nc2ccc(Cl)cc2Cl)sc1C.CCC(CC)(CCC(=O)OC)C(=O)C(C)Br.CCC(CC)(CCC(=O)OC)c1nc(Nc2ccc(Cl)cc2Cl)sc1C.NC(=S)Nc1ccc(Cl)cc1Cl.O.[Li+].[OH-]. The Morgan fingerprint density at radius 2 is 0.988 bits per heavy atom. The molecule has 0 aliphatic rings. The molecule has 15 nitrogen and oxygen atoms in total. The van der Waals surface area contributed by atoms with Crippen LogP contribution in [-0.2, 0) is 39.5 Å². The maximum atomic E-state index is 12.1. The average Bonchev–Trinajstić information content (AvgIpc) is 3.98. The van der Waals surface area contributed by atoms with E-state index in [4.69, 9.17) is 95.2 Å². The molecule has 0 saturated heterocycles. The van der Waals surface area contributed by atoms with E-state index in [-0.39, 0.29) is 74.7 Å². The summed E-state index contributed by atoms with van der Waals surface area (Å²) in [6.07, 6.45) is 7.75. The van der Waals surface area contributed by atoms with Crippen LogP contribution in [0.25, 0.3) is 0 Å². The quantitative estimate of drug-likeness (QED) is 0.0167. The number of aryl methyl sites for hydroxylation is 2. The standard InChI is InChI=1S/C19H24Cl2N2O2S.C18H22Cl2N2O2S.C12H21BrO3.C7H6Cl2N2S.Li.2H2O/c1-5-19(6-2,10-9-16(24)25-4)17-12(3)26-18(23-17)22-15-8-7-13(20)11-14(15)21;1-4-18(5-2,9-8-15(23)24)16-11(3)25-17(22-16)21-14-7-6-12(19)10-13(14)20;1-5-12(6-2,11(15)9(3)13)8-7-10(14)16-4;8-4-1-2-6(5(9)3-4)11-7(10)12;;;/h7-8,11H,5-6,9-10H2,1-4H3,(H,22,23);6-7,10H,4-5,8-9H2,1-3H3,(H,21,22)(H,23,24);9H,5-8H2,1-4H3;1-3H,(H3,10,11,12);;2*1H2/q;;;;+1;;/p-1. The summed E-state index contributed by atoms with van der Waals surface area (Å²) >= 11 is 47.0. The molecule has 82 heavy (non-hydrogen) atoms. The summed E-state index contributed by atoms with van der Waals surface area (Å²) < 4.78 is 9.43. The average molecular weight is 1370 g/mol. The van der Waals surface area contributed by atoms with Crippen LogP contribution in [0.3, 0.4) is 0 Å². The first-order chi connectivity index (χ1) is 37.2. The number of nitrogens with two attached hydrogens (primary N) is 1. The number of carboxylic acid groups (broad SMARTS) is 1. The van der Waals surface area contributed by atoms with Crippen LogP contribution >= 0.6 is 120 Å². The number of Topliss-reactive ketones (excluding diaryl/α,β-unsaturated/α-hetero) is 1. The predicted molar refractivity (Wildman–Crippen MR) is 346 cm³/mol. The number of halogens is 7. The molecular weight excluding hydrogens is 1300 g/mol. The number of carbonyl (C=O) groups excluding carboxylic acids is 3. The van der Waals surface area contributed by atoms with E-state index < -0.39 is 11.4 Å². The van der Waals surface area contributed by atoms with Gasteiger partial charge in [-0.15, -0.1) is 22.7 Å². The van der Waals surface area contributed by atoms with Gasteiger partial charge >= 0.3 is 36.8 Å². The Morgan fingerprint density at radius 3 is 1.28 bits per heavy atom. The number of anilines is 5. The van der Waals surface area contributed by atoms with Crippen molar-refractivity contribution in [3.63, 3.8) is 0 Å². The fourth-order valence-electron chi connectivity index (χ4n) is 8.86. The number of methoxy groups -OCH3 is 2. The van der Waals surface area contributed by atoms with E-state index in [1.165, 1.54) is 14.2 Å². The van der Waals surface area contributed by atoms with Gasteiger partial charge in [0.1, 0.15) is 0 Å². The summed E-state index contributed by atoms with van der Waals surface area (Å²) in [7, 11) is 2.80. The minimum atomic E-state index is -0.773. The van der Waals surface area contributed by atoms with Gasteiger partial charge in [-0.2, -0.15) is 0 Å². The van der Waals surface area contributed by atoms with Gasteiger partial charge in [0, 0.05) is 60.3 Å². The van der Waals surface area contributed by atoms with E-state index in [9.17, 15) is 19.2 Å². The van der Waals surface area contributed by atoms with Crippen molar-refractivity contribution in [3.8, 4) is 0 Å². The molecule has 0 saturated carbocycles. The smallest absolute Gasteiger partial charge is 0.870 e. The summed E-state index contributed by atoms with van der Waals surface area (Å²) in [5, 5.41) is 23.4. The molecule has 26 heteroatoms. The molecule has 9 N–H and O–H groups in total. The second-order valence-electron chi connectivity index (χ2n) is 18.4. The van der Waals surface area contributed by atoms with Crippen LogP contribution in [0.1, 0.15) is 147 Å². The molecule has 1 unspecified atom stereocenters. The molecule has 452 valence electrons. The molecule has 0 aliphatic carbocycles. The Kier molecular flexibility index (Phi) is 39.2. The number of aromatic nitrogens is 2. The minimum Gasteiger partial charge on any atom is -0.870 e. The maximum absolute atomic E-state index is 12.1. The summed E-state index contributed by atoms with van der Waals surface area (Å²) in [6, 6.07) is 15.6. The van der Waals surface area contributed by atoms with Gasteiger partial charge in [0.25, 0.3) is 0 Å². The zero-order chi connectivity index (χ0) is 59.8. The van der Waals surface area contributed by atoms with E-state index in [1.54, 1.807) is 65.1 Å². The van der Waals surface area contributed by atoms with Gasteiger partial charge in [0.05, 0.1) is 62.6 Å². The van der Waals surface area contributed by atoms with Crippen molar-refractivity contribution in [1.29, 1.82) is 0 Å². The number of carbonyl (C=O) groups is 4. The van der Waals surface area contributed by atoms with Crippen LogP contribution in [-0.4, -0.2) is 73.9 Å². The Hall–Kier alpha value is -2.97. The van der Waals surface area contributed by atoms with Crippen LogP contribution in [0.5, 0.6) is 0 Å². The van der Waals surface area contributed by atoms with Crippen LogP contribution < -0.4 is 40.5 Å². The molecule has 0 radical (unpaired) electrons. The van der Waals surface area contributed by atoms with Crippen molar-refractivity contribution in [1.82, 2.24) is 9.97 Å². The van der Waals surface area contributed by atoms with E-state index in [0.717, 1.165) is 87.7 Å². The third-order valence-electron chi connectivity index (χ3n) is 14.0. The largest absolute Gasteiger partial charge is 1.00 e. The number of aliphatic carboxylic acids is 1. The summed E-state index contributed by atoms with van der Waals surface area (Å²) in [5.41, 5.74) is 8.71. The Morgan fingerprint density at radius 1 is 0.646 bits per heavy atom. The number of esters is 2. The number of nitrogens with one attached hydrogen (secondary N) is 3. The minimum absolute atomic E-state index is 0. The summed E-state index contributed by atoms with van der Waals surface area (Å²) in [5.74, 6) is -1.02. The molecule has 0 amide bonds. The van der Waals surface area contributed by atoms with E-state index in [0.29, 0.717) is 61.5 Å². The van der Waals surface area contributed by atoms with Gasteiger partial charge < -0.3 is 47.2 Å². The molecule has 3 aromatic carbocycles. The molecule has 0 bridgehead atoms. The third-order valence-corrected chi connectivity index (χ3v) is 17.9. The number of carboxylic acids is 1. The summed E-state index contributed by atoms with van der Waals surface area (Å²) in [4.78, 5) is 57.7. The van der Waals surface area contributed by atoms with Crippen LogP contribution in [0.4, 0.5) is 27.3 Å². The first-order valence-corrected chi connectivity index (χ1v) is 30.9. The Bertz CT molecular complexity index is 2820. The van der Waals surface area contributed by atoms with Crippen molar-refractivity contribution >= 4 is 177 Å². The predicted octanol–water partition coefficient (Wildman–Crippen LogP) is 14.7. The molecule has 5 rings (SSSR count). The van der Waals surface area contributed by atoms with Gasteiger partial charge in [-0.3, -0.25) is 19.2 Å². The van der Waals surface area contributed by atoms with Gasteiger partial charge in [-0.05, 0) is 145 Å². The number of ether oxygens (including phenoxy) is 2. The fraction of sp³-hybridized carbons (Fsp3) is 0.482. The number of alkyl halides is 1. The number of benzene rings is 3. The van der Waals surface area contributed by atoms with Crippen molar-refractivity contribution in [2.45, 2.75) is 155 Å². The Balaban J connectivity index is 0. The topological polar surface area (TPSA) is 256 Å². The summed E-state index contributed by atoms with van der Waals surface area (Å²) in [6.45, 7) is 18.4. The van der Waals surface area contributed by atoms with Gasteiger partial charge in [-0.25, -0.2) is 9.97 Å². The number of rotatable bonds is 24. The fourth-order valence-corrected chi connectivity index (χ4v) is 12.7. The van der Waals surface area contributed by atoms with Crippen molar-refractivity contribution in [2.75, 3.05) is 30.2 Å². The normalized spacial score (nSPS) is 11.1. The molecule has 2 heterocycles. The number of hydrogen-bond acceptors (Lipinski definition) is 14. The number of ketones is 1. The third kappa shape index (κ3) is 24.8. The molecule has 0 aliphatic heterocycles. The van der Waals surface area contributed by atoms with Crippen LogP contribution in [0.15, 0.2) is 54.6 Å². The number of thiazole rings is 2. The van der Waals surface area contributed by atoms with E-state index in [1.807, 2.05) is 39.8 Å². The zero-order valence-electron chi connectivity index (χ0n) is 48.4. The number of thiocarbonyl (C=S) groups is 1. The van der Waals surface area contributed by atoms with Crippen molar-refractivity contribution in [3.05, 3.63) is 106 Å². The van der Waals surface area contributed by atoms with Gasteiger partial charge in [0.15, 0.2) is 21.2 Å². The Labute approximate surface area is 547 Å². The van der Waals surface area contributed by atoms with Crippen molar-refractivity contribution in [2.24, 2.45) is 11.1 Å². The second kappa shape index (κ2) is 39.7. The molecule has 5 aromatic rings. The molecule has 2 aromatic heterocycles. The van der Waals surface area contributed by atoms with Crippen LogP contribution in [0.2, 0.25) is 30.1 Å². The van der Waals surface area contributed by atoms with Gasteiger partial charge in [0.2, 0.25) is 0 Å². The molecule has 0 spiro atoms. The zero-order valence-corrected chi connectivity index (χ0v) is 57.0. The number of nitrogens with zero attached hydrogens (tertiary/aromatic N) is 2.